The van der Waals surface area contributed by atoms with Gasteiger partial charge in [-0.2, -0.15) is 0 Å². The first-order valence-electron chi connectivity index (χ1n) is 7.99. The van der Waals surface area contributed by atoms with Gasteiger partial charge in [-0.3, -0.25) is 14.6 Å². The molecule has 0 aromatic carbocycles. The summed E-state index contributed by atoms with van der Waals surface area (Å²) in [4.78, 5) is 19.1. The molecule has 120 valence electrons. The molecule has 2 rings (SSSR count). The zero-order valence-electron chi connectivity index (χ0n) is 13.8. The molecule has 5 heteroatoms. The van der Waals surface area contributed by atoms with E-state index in [1.807, 2.05) is 38.8 Å². The highest BCUT2D eigenvalue weighted by atomic mass is 16.5. The summed E-state index contributed by atoms with van der Waals surface area (Å²) in [6.07, 6.45) is 1.97. The summed E-state index contributed by atoms with van der Waals surface area (Å²) in [5, 5.41) is 0. The molecule has 2 aliphatic rings. The van der Waals surface area contributed by atoms with Gasteiger partial charge in [-0.15, -0.1) is 0 Å². The third kappa shape index (κ3) is 4.05. The number of carbonyl (C=O) groups is 1. The minimum atomic E-state index is 0.155. The van der Waals surface area contributed by atoms with E-state index in [9.17, 15) is 4.79 Å². The largest absolute Gasteiger partial charge is 0.378 e. The first-order valence-corrected chi connectivity index (χ1v) is 7.99. The number of ether oxygens (including phenoxy) is 1. The normalized spacial score (nSPS) is 22.4. The van der Waals surface area contributed by atoms with Crippen LogP contribution in [0.2, 0.25) is 0 Å². The minimum Gasteiger partial charge on any atom is -0.378 e. The van der Waals surface area contributed by atoms with Crippen LogP contribution in [0.5, 0.6) is 0 Å². The quantitative estimate of drug-likeness (QED) is 0.704. The second-order valence-electron chi connectivity index (χ2n) is 6.33. The molecular weight excluding hydrogens is 266 g/mol. The molecule has 0 N–H and O–H groups in total. The molecular formula is C16H29N3O2. The maximum atomic E-state index is 12.4. The van der Waals surface area contributed by atoms with Crippen LogP contribution in [0.3, 0.4) is 0 Å². The monoisotopic (exact) mass is 295 g/mol. The molecule has 0 radical (unpaired) electrons. The smallest absolute Gasteiger partial charge is 0.250 e. The molecule has 2 saturated heterocycles. The predicted molar refractivity (Wildman–Crippen MR) is 84.3 cm³/mol. The number of nitrogens with zero attached hydrogens (tertiary/aromatic N) is 3. The molecule has 0 unspecified atom stereocenters. The average Bonchev–Trinajstić information content (AvgIpc) is 2.43. The Balaban J connectivity index is 1.81. The van der Waals surface area contributed by atoms with Crippen LogP contribution in [0.15, 0.2) is 11.6 Å². The Hall–Kier alpha value is -0.910. The first-order chi connectivity index (χ1) is 10.0. The topological polar surface area (TPSA) is 36.0 Å². The highest BCUT2D eigenvalue weighted by molar-refractivity contribution is 5.93. The van der Waals surface area contributed by atoms with Crippen molar-refractivity contribution in [3.05, 3.63) is 11.6 Å². The van der Waals surface area contributed by atoms with E-state index in [4.69, 9.17) is 4.74 Å². The number of likely N-dealkylation sites (N-methyl/N-ethyl adjacent to an activating group) is 1. The molecule has 0 saturated carbocycles. The molecule has 0 aliphatic carbocycles. The van der Waals surface area contributed by atoms with Crippen molar-refractivity contribution >= 4 is 5.91 Å². The fourth-order valence-electron chi connectivity index (χ4n) is 2.71. The van der Waals surface area contributed by atoms with Gasteiger partial charge in [-0.1, -0.05) is 6.08 Å². The van der Waals surface area contributed by atoms with Crippen LogP contribution in [-0.2, 0) is 9.53 Å². The number of hydrogen-bond acceptors (Lipinski definition) is 4. The Bertz CT molecular complexity index is 383. The number of carbonyl (C=O) groups excluding carboxylic acids is 1. The Morgan fingerprint density at radius 1 is 1.29 bits per heavy atom. The lowest BCUT2D eigenvalue weighted by Crippen LogP contribution is -2.56. The fourth-order valence-corrected chi connectivity index (χ4v) is 2.71. The van der Waals surface area contributed by atoms with Crippen LogP contribution in [0.4, 0.5) is 0 Å². The zero-order chi connectivity index (χ0) is 15.4. The summed E-state index contributed by atoms with van der Waals surface area (Å²) >= 11 is 0. The summed E-state index contributed by atoms with van der Waals surface area (Å²) in [5.74, 6) is 0.155. The van der Waals surface area contributed by atoms with Gasteiger partial charge in [0.05, 0.1) is 19.3 Å². The predicted octanol–water partition coefficient (Wildman–Crippen LogP) is 0.816. The Kier molecular flexibility index (Phi) is 5.79. The van der Waals surface area contributed by atoms with Crippen molar-refractivity contribution in [2.75, 3.05) is 53.0 Å². The molecule has 0 bridgehead atoms. The molecule has 21 heavy (non-hydrogen) atoms. The summed E-state index contributed by atoms with van der Waals surface area (Å²) in [7, 11) is 1.88. The van der Waals surface area contributed by atoms with Crippen molar-refractivity contribution in [3.63, 3.8) is 0 Å². The number of amides is 1. The molecule has 2 heterocycles. The third-order valence-corrected chi connectivity index (χ3v) is 4.66. The lowest BCUT2D eigenvalue weighted by atomic mass is 10.1. The maximum absolute atomic E-state index is 12.4. The van der Waals surface area contributed by atoms with Gasteiger partial charge in [0, 0.05) is 51.4 Å². The summed E-state index contributed by atoms with van der Waals surface area (Å²) in [6, 6.07) is 0.866. The van der Waals surface area contributed by atoms with Crippen molar-refractivity contribution < 1.29 is 9.53 Å². The van der Waals surface area contributed by atoms with E-state index in [0.29, 0.717) is 6.04 Å². The van der Waals surface area contributed by atoms with Crippen molar-refractivity contribution in [2.45, 2.75) is 32.9 Å². The van der Waals surface area contributed by atoms with Gasteiger partial charge in [0.2, 0.25) is 0 Å². The first kappa shape index (κ1) is 16.5. The van der Waals surface area contributed by atoms with Gasteiger partial charge in [-0.05, 0) is 20.8 Å². The standard InChI is InChI=1S/C16H29N3O2/c1-5-14(16(20)17(4)13(2)3)10-18-6-8-19(9-7-18)15-11-21-12-15/h5,13,15H,6-12H2,1-4H3/b14-5-. The van der Waals surface area contributed by atoms with Gasteiger partial charge in [0.15, 0.2) is 0 Å². The van der Waals surface area contributed by atoms with Crippen LogP contribution in [-0.4, -0.2) is 85.7 Å². The number of piperazine rings is 1. The SMILES string of the molecule is C/C=C(/CN1CCN(C2COC2)CC1)C(=O)N(C)C(C)C. The zero-order valence-corrected chi connectivity index (χ0v) is 13.8. The minimum absolute atomic E-state index is 0.155. The van der Waals surface area contributed by atoms with Crippen molar-refractivity contribution in [2.24, 2.45) is 0 Å². The molecule has 1 amide bonds. The number of hydrogen-bond donors (Lipinski definition) is 0. The third-order valence-electron chi connectivity index (χ3n) is 4.66. The molecule has 2 aliphatic heterocycles. The number of allylic oxidation sites excluding steroid dienone is 1. The highest BCUT2D eigenvalue weighted by Crippen LogP contribution is 2.15. The Morgan fingerprint density at radius 3 is 2.33 bits per heavy atom. The number of rotatable bonds is 5. The second kappa shape index (κ2) is 7.38. The van der Waals surface area contributed by atoms with E-state index in [-0.39, 0.29) is 11.9 Å². The average molecular weight is 295 g/mol. The van der Waals surface area contributed by atoms with Crippen molar-refractivity contribution in [1.29, 1.82) is 0 Å². The van der Waals surface area contributed by atoms with Gasteiger partial charge in [-0.25, -0.2) is 0 Å². The van der Waals surface area contributed by atoms with Crippen LogP contribution in [0.25, 0.3) is 0 Å². The van der Waals surface area contributed by atoms with E-state index >= 15 is 0 Å². The van der Waals surface area contributed by atoms with Crippen LogP contribution >= 0.6 is 0 Å². The van der Waals surface area contributed by atoms with E-state index in [2.05, 4.69) is 9.80 Å². The van der Waals surface area contributed by atoms with Crippen molar-refractivity contribution in [1.82, 2.24) is 14.7 Å². The van der Waals surface area contributed by atoms with E-state index < -0.39 is 0 Å². The van der Waals surface area contributed by atoms with Crippen LogP contribution in [0.1, 0.15) is 20.8 Å². The van der Waals surface area contributed by atoms with Gasteiger partial charge >= 0.3 is 0 Å². The van der Waals surface area contributed by atoms with Gasteiger partial charge in [0.1, 0.15) is 0 Å². The van der Waals surface area contributed by atoms with Crippen LogP contribution in [0, 0.1) is 0 Å². The van der Waals surface area contributed by atoms with E-state index in [1.54, 1.807) is 0 Å². The summed E-state index contributed by atoms with van der Waals surface area (Å²) in [5.41, 5.74) is 0.909. The molecule has 5 nitrogen and oxygen atoms in total. The Morgan fingerprint density at radius 2 is 1.90 bits per heavy atom. The summed E-state index contributed by atoms with van der Waals surface area (Å²) < 4.78 is 5.26. The molecule has 0 aromatic rings. The van der Waals surface area contributed by atoms with E-state index in [1.165, 1.54) is 0 Å². The van der Waals surface area contributed by atoms with Gasteiger partial charge < -0.3 is 9.64 Å². The second-order valence-corrected chi connectivity index (χ2v) is 6.33. The van der Waals surface area contributed by atoms with E-state index in [0.717, 1.165) is 51.5 Å². The molecule has 0 aromatic heterocycles. The van der Waals surface area contributed by atoms with Crippen LogP contribution < -0.4 is 0 Å². The van der Waals surface area contributed by atoms with Crippen molar-refractivity contribution in [3.8, 4) is 0 Å². The molecule has 0 atom stereocenters. The fraction of sp³-hybridized carbons (Fsp3) is 0.812. The maximum Gasteiger partial charge on any atom is 0.250 e. The molecule has 2 fully saturated rings. The lowest BCUT2D eigenvalue weighted by Gasteiger charge is -2.42. The lowest BCUT2D eigenvalue weighted by molar-refractivity contribution is -0.127. The molecule has 0 spiro atoms. The Labute approximate surface area is 128 Å². The summed E-state index contributed by atoms with van der Waals surface area (Å²) in [6.45, 7) is 12.8. The van der Waals surface area contributed by atoms with Gasteiger partial charge in [0.25, 0.3) is 5.91 Å². The highest BCUT2D eigenvalue weighted by Gasteiger charge is 2.29.